The minimum atomic E-state index is -0.674. The van der Waals surface area contributed by atoms with Gasteiger partial charge < -0.3 is 14.8 Å². The maximum atomic E-state index is 12.1. The molecule has 1 aromatic carbocycles. The first kappa shape index (κ1) is 19.3. The highest BCUT2D eigenvalue weighted by atomic mass is 35.5. The van der Waals surface area contributed by atoms with Gasteiger partial charge in [-0.15, -0.1) is 0 Å². The standard InChI is InChI=1S/C16H19Cl2NO4/c1-9(2)22-15(20)8-14(16(21)23-10(3)4)19-11-5-6-12(17)13(18)7-11/h5-10,19H,1-4H3/b14-8-. The molecule has 0 amide bonds. The number of halogens is 2. The molecule has 1 aromatic rings. The average molecular weight is 360 g/mol. The third-order valence-electron chi connectivity index (χ3n) is 2.38. The second kappa shape index (κ2) is 8.79. The van der Waals surface area contributed by atoms with Gasteiger partial charge in [-0.1, -0.05) is 23.2 Å². The van der Waals surface area contributed by atoms with Gasteiger partial charge in [0.1, 0.15) is 5.70 Å². The van der Waals surface area contributed by atoms with Gasteiger partial charge in [0, 0.05) is 5.69 Å². The molecule has 7 heteroatoms. The molecule has 0 saturated heterocycles. The van der Waals surface area contributed by atoms with Crippen molar-refractivity contribution < 1.29 is 19.1 Å². The van der Waals surface area contributed by atoms with E-state index in [1.165, 1.54) is 6.07 Å². The van der Waals surface area contributed by atoms with Crippen LogP contribution in [-0.4, -0.2) is 24.1 Å². The van der Waals surface area contributed by atoms with Crippen LogP contribution >= 0.6 is 23.2 Å². The summed E-state index contributed by atoms with van der Waals surface area (Å²) < 4.78 is 10.1. The first-order chi connectivity index (χ1) is 10.7. The van der Waals surface area contributed by atoms with E-state index in [0.29, 0.717) is 15.7 Å². The highest BCUT2D eigenvalue weighted by Gasteiger charge is 2.16. The number of esters is 2. The second-order valence-electron chi connectivity index (χ2n) is 5.25. The molecule has 0 saturated carbocycles. The molecule has 0 radical (unpaired) electrons. The largest absolute Gasteiger partial charge is 0.460 e. The summed E-state index contributed by atoms with van der Waals surface area (Å²) in [6.45, 7) is 6.84. The fourth-order valence-electron chi connectivity index (χ4n) is 1.54. The van der Waals surface area contributed by atoms with Gasteiger partial charge in [0.15, 0.2) is 0 Å². The number of benzene rings is 1. The third kappa shape index (κ3) is 6.93. The van der Waals surface area contributed by atoms with Crippen LogP contribution in [0.25, 0.3) is 0 Å². The number of hydrogen-bond acceptors (Lipinski definition) is 5. The number of nitrogens with one attached hydrogen (secondary N) is 1. The fourth-order valence-corrected chi connectivity index (χ4v) is 1.84. The number of rotatable bonds is 6. The van der Waals surface area contributed by atoms with Gasteiger partial charge >= 0.3 is 11.9 Å². The van der Waals surface area contributed by atoms with Crippen LogP contribution in [0.5, 0.6) is 0 Å². The van der Waals surface area contributed by atoms with E-state index in [2.05, 4.69) is 5.32 Å². The number of carbonyl (C=O) groups is 2. The summed E-state index contributed by atoms with van der Waals surface area (Å²) in [7, 11) is 0. The smallest absolute Gasteiger partial charge is 0.355 e. The van der Waals surface area contributed by atoms with Crippen molar-refractivity contribution in [2.75, 3.05) is 5.32 Å². The Balaban J connectivity index is 3.02. The van der Waals surface area contributed by atoms with E-state index in [-0.39, 0.29) is 17.9 Å². The van der Waals surface area contributed by atoms with E-state index in [1.54, 1.807) is 39.8 Å². The predicted octanol–water partition coefficient (Wildman–Crippen LogP) is 4.19. The Morgan fingerprint density at radius 1 is 1.04 bits per heavy atom. The molecule has 0 aliphatic rings. The van der Waals surface area contributed by atoms with Crippen molar-refractivity contribution in [1.82, 2.24) is 0 Å². The average Bonchev–Trinajstić information content (AvgIpc) is 2.40. The Bertz CT molecular complexity index is 612. The van der Waals surface area contributed by atoms with Crippen LogP contribution in [-0.2, 0) is 19.1 Å². The van der Waals surface area contributed by atoms with E-state index in [1.807, 2.05) is 0 Å². The molecule has 0 aliphatic heterocycles. The maximum absolute atomic E-state index is 12.1. The molecule has 0 unspecified atom stereocenters. The summed E-state index contributed by atoms with van der Waals surface area (Å²) in [5.74, 6) is -1.32. The summed E-state index contributed by atoms with van der Waals surface area (Å²) in [4.78, 5) is 23.9. The highest BCUT2D eigenvalue weighted by Crippen LogP contribution is 2.25. The Morgan fingerprint density at radius 2 is 1.65 bits per heavy atom. The van der Waals surface area contributed by atoms with Crippen LogP contribution in [0.4, 0.5) is 5.69 Å². The predicted molar refractivity (Wildman–Crippen MR) is 90.6 cm³/mol. The molecule has 0 fully saturated rings. The Morgan fingerprint density at radius 3 is 2.17 bits per heavy atom. The van der Waals surface area contributed by atoms with Gasteiger partial charge in [0.2, 0.25) is 0 Å². The van der Waals surface area contributed by atoms with E-state index in [0.717, 1.165) is 6.08 Å². The first-order valence-electron chi connectivity index (χ1n) is 7.04. The lowest BCUT2D eigenvalue weighted by molar-refractivity contribution is -0.145. The number of ether oxygens (including phenoxy) is 2. The summed E-state index contributed by atoms with van der Waals surface area (Å²) in [6.07, 6.45) is 0.418. The SMILES string of the molecule is CC(C)OC(=O)/C=C(\Nc1ccc(Cl)c(Cl)c1)C(=O)OC(C)C. The lowest BCUT2D eigenvalue weighted by Gasteiger charge is -2.14. The lowest BCUT2D eigenvalue weighted by atomic mass is 10.3. The Labute approximate surface area is 145 Å². The van der Waals surface area contributed by atoms with E-state index in [4.69, 9.17) is 32.7 Å². The van der Waals surface area contributed by atoms with Crippen molar-refractivity contribution in [2.45, 2.75) is 39.9 Å². The molecule has 23 heavy (non-hydrogen) atoms. The van der Waals surface area contributed by atoms with E-state index < -0.39 is 11.9 Å². The van der Waals surface area contributed by atoms with Crippen molar-refractivity contribution >= 4 is 40.8 Å². The molecule has 0 bridgehead atoms. The molecular weight excluding hydrogens is 341 g/mol. The number of hydrogen-bond donors (Lipinski definition) is 1. The minimum absolute atomic E-state index is 0.0530. The molecular formula is C16H19Cl2NO4. The van der Waals surface area contributed by atoms with Gasteiger partial charge in [-0.25, -0.2) is 9.59 Å². The zero-order chi connectivity index (χ0) is 17.6. The van der Waals surface area contributed by atoms with Gasteiger partial charge in [-0.2, -0.15) is 0 Å². The molecule has 0 atom stereocenters. The van der Waals surface area contributed by atoms with Crippen molar-refractivity contribution in [3.63, 3.8) is 0 Å². The molecule has 1 N–H and O–H groups in total. The highest BCUT2D eigenvalue weighted by molar-refractivity contribution is 6.42. The monoisotopic (exact) mass is 359 g/mol. The van der Waals surface area contributed by atoms with Crippen molar-refractivity contribution in [2.24, 2.45) is 0 Å². The van der Waals surface area contributed by atoms with E-state index >= 15 is 0 Å². The normalized spacial score (nSPS) is 11.6. The maximum Gasteiger partial charge on any atom is 0.355 e. The van der Waals surface area contributed by atoms with Crippen LogP contribution in [0.2, 0.25) is 10.0 Å². The summed E-state index contributed by atoms with van der Waals surface area (Å²) in [5.41, 5.74) is 0.437. The summed E-state index contributed by atoms with van der Waals surface area (Å²) in [5, 5.41) is 3.50. The summed E-state index contributed by atoms with van der Waals surface area (Å²) in [6, 6.07) is 4.73. The van der Waals surface area contributed by atoms with Crippen LogP contribution in [0, 0.1) is 0 Å². The third-order valence-corrected chi connectivity index (χ3v) is 3.11. The molecule has 5 nitrogen and oxygen atoms in total. The van der Waals surface area contributed by atoms with Crippen molar-refractivity contribution in [3.8, 4) is 0 Å². The molecule has 0 aromatic heterocycles. The Kier molecular flexibility index (Phi) is 7.39. The van der Waals surface area contributed by atoms with Crippen molar-refractivity contribution in [1.29, 1.82) is 0 Å². The van der Waals surface area contributed by atoms with Crippen molar-refractivity contribution in [3.05, 3.63) is 40.0 Å². The zero-order valence-electron chi connectivity index (χ0n) is 13.4. The molecule has 0 aliphatic carbocycles. The van der Waals surface area contributed by atoms with E-state index in [9.17, 15) is 9.59 Å². The lowest BCUT2D eigenvalue weighted by Crippen LogP contribution is -2.21. The first-order valence-corrected chi connectivity index (χ1v) is 7.80. The molecule has 0 spiro atoms. The van der Waals surface area contributed by atoms with Gasteiger partial charge in [-0.05, 0) is 45.9 Å². The van der Waals surface area contributed by atoms with Crippen LogP contribution in [0.1, 0.15) is 27.7 Å². The van der Waals surface area contributed by atoms with Crippen LogP contribution in [0.15, 0.2) is 30.0 Å². The number of carbonyl (C=O) groups excluding carboxylic acids is 2. The second-order valence-corrected chi connectivity index (χ2v) is 6.07. The topological polar surface area (TPSA) is 64.6 Å². The zero-order valence-corrected chi connectivity index (χ0v) is 14.9. The number of anilines is 1. The minimum Gasteiger partial charge on any atom is -0.460 e. The van der Waals surface area contributed by atoms with Crippen LogP contribution in [0.3, 0.4) is 0 Å². The van der Waals surface area contributed by atoms with Gasteiger partial charge in [0.05, 0.1) is 28.3 Å². The van der Waals surface area contributed by atoms with Gasteiger partial charge in [0.25, 0.3) is 0 Å². The molecule has 0 heterocycles. The molecule has 126 valence electrons. The van der Waals surface area contributed by atoms with Gasteiger partial charge in [-0.3, -0.25) is 0 Å². The molecule has 1 rings (SSSR count). The quantitative estimate of drug-likeness (QED) is 0.609. The summed E-state index contributed by atoms with van der Waals surface area (Å²) >= 11 is 11.8. The Hall–Kier alpha value is -1.72. The van der Waals surface area contributed by atoms with Crippen LogP contribution < -0.4 is 5.32 Å². The fraction of sp³-hybridized carbons (Fsp3) is 0.375.